The van der Waals surface area contributed by atoms with Crippen LogP contribution in [0, 0.1) is 6.92 Å². The Balaban J connectivity index is 1.52. The zero-order valence-electron chi connectivity index (χ0n) is 14.5. The van der Waals surface area contributed by atoms with Gasteiger partial charge in [-0.3, -0.25) is 14.4 Å². The molecule has 3 N–H and O–H groups in total. The van der Waals surface area contributed by atoms with Gasteiger partial charge in [-0.2, -0.15) is 0 Å². The van der Waals surface area contributed by atoms with Crippen molar-refractivity contribution in [2.75, 3.05) is 11.9 Å². The molecule has 1 aliphatic heterocycles. The first-order valence-corrected chi connectivity index (χ1v) is 8.34. The van der Waals surface area contributed by atoms with Gasteiger partial charge in [0.2, 0.25) is 0 Å². The smallest absolute Gasteiger partial charge is 0.287 e. The molecule has 0 aliphatic carbocycles. The van der Waals surface area contributed by atoms with Crippen LogP contribution in [-0.4, -0.2) is 28.4 Å². The molecule has 8 heteroatoms. The molecule has 0 unspecified atom stereocenters. The van der Waals surface area contributed by atoms with E-state index in [2.05, 4.69) is 20.6 Å². The highest BCUT2D eigenvalue weighted by molar-refractivity contribution is 5.95. The van der Waals surface area contributed by atoms with Crippen LogP contribution >= 0.6 is 0 Å². The molecule has 0 bridgehead atoms. The largest absolute Gasteiger partial charge is 0.482 e. The molecule has 2 heterocycles. The Bertz CT molecular complexity index is 1140. The number of rotatable bonds is 3. The first-order chi connectivity index (χ1) is 13.0. The zero-order chi connectivity index (χ0) is 19.0. The van der Waals surface area contributed by atoms with E-state index in [0.717, 1.165) is 11.1 Å². The van der Waals surface area contributed by atoms with Crippen LogP contribution in [0.25, 0.3) is 10.9 Å². The standard InChI is InChI=1S/C19H16N4O4/c1-10-2-4-13-12(6-10)18(25)23-17(22-13)19(26)20-8-11-3-5-15-14(7-11)21-16(24)9-27-15/h2-7H,8-9H2,1H3,(H,20,26)(H,21,24)(H,22,23,25). The van der Waals surface area contributed by atoms with Crippen molar-refractivity contribution in [3.63, 3.8) is 0 Å². The minimum absolute atomic E-state index is 0.0103. The Morgan fingerprint density at radius 1 is 1.22 bits per heavy atom. The van der Waals surface area contributed by atoms with Crippen LogP contribution in [0.4, 0.5) is 5.69 Å². The highest BCUT2D eigenvalue weighted by Gasteiger charge is 2.16. The average Bonchev–Trinajstić information content (AvgIpc) is 2.66. The number of fused-ring (bicyclic) bond motifs is 2. The number of anilines is 1. The predicted octanol–water partition coefficient (Wildman–Crippen LogP) is 1.49. The van der Waals surface area contributed by atoms with E-state index in [0.29, 0.717) is 22.3 Å². The summed E-state index contributed by atoms with van der Waals surface area (Å²) in [6, 6.07) is 10.5. The van der Waals surface area contributed by atoms with Crippen molar-refractivity contribution in [1.82, 2.24) is 15.3 Å². The second-order valence-corrected chi connectivity index (χ2v) is 6.29. The number of nitrogens with one attached hydrogen (secondary N) is 3. The maximum absolute atomic E-state index is 12.4. The number of aromatic amines is 1. The molecule has 0 saturated carbocycles. The van der Waals surface area contributed by atoms with Crippen LogP contribution in [0.1, 0.15) is 21.7 Å². The van der Waals surface area contributed by atoms with Gasteiger partial charge in [-0.15, -0.1) is 0 Å². The molecule has 2 aromatic carbocycles. The lowest BCUT2D eigenvalue weighted by atomic mass is 10.1. The maximum Gasteiger partial charge on any atom is 0.287 e. The van der Waals surface area contributed by atoms with Crippen LogP contribution in [0.3, 0.4) is 0 Å². The number of carbonyl (C=O) groups is 2. The van der Waals surface area contributed by atoms with Gasteiger partial charge in [0, 0.05) is 6.54 Å². The van der Waals surface area contributed by atoms with E-state index >= 15 is 0 Å². The van der Waals surface area contributed by atoms with Crippen LogP contribution in [-0.2, 0) is 11.3 Å². The number of benzene rings is 2. The SMILES string of the molecule is Cc1ccc2nc(C(=O)NCc3ccc4c(c3)NC(=O)CO4)[nH]c(=O)c2c1. The molecule has 27 heavy (non-hydrogen) atoms. The fourth-order valence-corrected chi connectivity index (χ4v) is 2.87. The fourth-order valence-electron chi connectivity index (χ4n) is 2.87. The summed E-state index contributed by atoms with van der Waals surface area (Å²) in [4.78, 5) is 42.7. The lowest BCUT2D eigenvalue weighted by molar-refractivity contribution is -0.118. The minimum atomic E-state index is -0.493. The molecular formula is C19H16N4O4. The molecule has 1 aliphatic rings. The number of ether oxygens (including phenoxy) is 1. The molecular weight excluding hydrogens is 348 g/mol. The van der Waals surface area contributed by atoms with Crippen molar-refractivity contribution in [3.8, 4) is 5.75 Å². The van der Waals surface area contributed by atoms with Gasteiger partial charge < -0.3 is 20.4 Å². The third-order valence-corrected chi connectivity index (χ3v) is 4.21. The Morgan fingerprint density at radius 2 is 2.07 bits per heavy atom. The predicted molar refractivity (Wildman–Crippen MR) is 98.8 cm³/mol. The summed E-state index contributed by atoms with van der Waals surface area (Å²) >= 11 is 0. The molecule has 0 atom stereocenters. The van der Waals surface area contributed by atoms with Gasteiger partial charge in [0.1, 0.15) is 5.75 Å². The molecule has 0 saturated heterocycles. The average molecular weight is 364 g/mol. The van der Waals surface area contributed by atoms with Crippen molar-refractivity contribution >= 4 is 28.4 Å². The summed E-state index contributed by atoms with van der Waals surface area (Å²) in [5, 5.41) is 5.87. The molecule has 136 valence electrons. The highest BCUT2D eigenvalue weighted by atomic mass is 16.5. The van der Waals surface area contributed by atoms with E-state index in [9.17, 15) is 14.4 Å². The molecule has 1 aromatic heterocycles. The summed E-state index contributed by atoms with van der Waals surface area (Å²) in [7, 11) is 0. The molecule has 0 radical (unpaired) electrons. The monoisotopic (exact) mass is 364 g/mol. The quantitative estimate of drug-likeness (QED) is 0.652. The summed E-state index contributed by atoms with van der Waals surface area (Å²) < 4.78 is 5.30. The topological polar surface area (TPSA) is 113 Å². The molecule has 8 nitrogen and oxygen atoms in total. The Hall–Kier alpha value is -3.68. The Kier molecular flexibility index (Phi) is 4.08. The molecule has 0 spiro atoms. The number of hydrogen-bond acceptors (Lipinski definition) is 5. The van der Waals surface area contributed by atoms with Crippen molar-refractivity contribution < 1.29 is 14.3 Å². The van der Waals surface area contributed by atoms with E-state index in [1.807, 2.05) is 13.0 Å². The third kappa shape index (κ3) is 3.37. The summed E-state index contributed by atoms with van der Waals surface area (Å²) in [5.74, 6) is -0.184. The van der Waals surface area contributed by atoms with Crippen molar-refractivity contribution in [2.45, 2.75) is 13.5 Å². The van der Waals surface area contributed by atoms with Crippen LogP contribution < -0.4 is 20.9 Å². The van der Waals surface area contributed by atoms with E-state index in [4.69, 9.17) is 4.74 Å². The van der Waals surface area contributed by atoms with Gasteiger partial charge in [-0.1, -0.05) is 17.7 Å². The number of amides is 2. The van der Waals surface area contributed by atoms with E-state index in [1.54, 1.807) is 30.3 Å². The number of hydrogen-bond donors (Lipinski definition) is 3. The van der Waals surface area contributed by atoms with Gasteiger partial charge in [-0.25, -0.2) is 4.98 Å². The van der Waals surface area contributed by atoms with Gasteiger partial charge in [0.15, 0.2) is 12.4 Å². The van der Waals surface area contributed by atoms with Gasteiger partial charge in [0.05, 0.1) is 16.6 Å². The van der Waals surface area contributed by atoms with Crippen molar-refractivity contribution in [3.05, 3.63) is 63.7 Å². The Labute approximate surface area is 153 Å². The zero-order valence-corrected chi connectivity index (χ0v) is 14.5. The molecule has 2 amide bonds. The number of H-pyrrole nitrogens is 1. The highest BCUT2D eigenvalue weighted by Crippen LogP contribution is 2.28. The normalized spacial score (nSPS) is 12.9. The lowest BCUT2D eigenvalue weighted by Crippen LogP contribution is -2.28. The first-order valence-electron chi connectivity index (χ1n) is 8.34. The molecule has 4 rings (SSSR count). The second-order valence-electron chi connectivity index (χ2n) is 6.29. The van der Waals surface area contributed by atoms with Gasteiger partial charge >= 0.3 is 0 Å². The first kappa shape index (κ1) is 16.8. The number of aromatic nitrogens is 2. The third-order valence-electron chi connectivity index (χ3n) is 4.21. The summed E-state index contributed by atoms with van der Waals surface area (Å²) in [6.07, 6.45) is 0. The van der Waals surface area contributed by atoms with Crippen LogP contribution in [0.2, 0.25) is 0 Å². The van der Waals surface area contributed by atoms with Crippen molar-refractivity contribution in [2.24, 2.45) is 0 Å². The fraction of sp³-hybridized carbons (Fsp3) is 0.158. The molecule has 0 fully saturated rings. The summed E-state index contributed by atoms with van der Waals surface area (Å²) in [6.45, 7) is 2.08. The lowest BCUT2D eigenvalue weighted by Gasteiger charge is -2.18. The molecule has 3 aromatic rings. The number of aryl methyl sites for hydroxylation is 1. The van der Waals surface area contributed by atoms with Crippen LogP contribution in [0.15, 0.2) is 41.2 Å². The number of nitrogens with zero attached hydrogens (tertiary/aromatic N) is 1. The summed E-state index contributed by atoms with van der Waals surface area (Å²) in [5.41, 5.74) is 2.37. The van der Waals surface area contributed by atoms with Crippen molar-refractivity contribution in [1.29, 1.82) is 0 Å². The van der Waals surface area contributed by atoms with E-state index < -0.39 is 5.91 Å². The van der Waals surface area contributed by atoms with E-state index in [1.165, 1.54) is 0 Å². The van der Waals surface area contributed by atoms with Gasteiger partial charge in [0.25, 0.3) is 17.4 Å². The Morgan fingerprint density at radius 3 is 2.93 bits per heavy atom. The van der Waals surface area contributed by atoms with Crippen LogP contribution in [0.5, 0.6) is 5.75 Å². The van der Waals surface area contributed by atoms with E-state index in [-0.39, 0.29) is 30.4 Å². The van der Waals surface area contributed by atoms with Gasteiger partial charge in [-0.05, 0) is 36.8 Å². The minimum Gasteiger partial charge on any atom is -0.482 e. The number of carbonyl (C=O) groups excluding carboxylic acids is 2. The second kappa shape index (κ2) is 6.56. The maximum atomic E-state index is 12.4.